The highest BCUT2D eigenvalue weighted by molar-refractivity contribution is 7.17. The lowest BCUT2D eigenvalue weighted by Gasteiger charge is -2.20. The highest BCUT2D eigenvalue weighted by atomic mass is 32.1. The summed E-state index contributed by atoms with van der Waals surface area (Å²) in [6.45, 7) is 11.9. The summed E-state index contributed by atoms with van der Waals surface area (Å²) in [5.74, 6) is 0. The zero-order valence-corrected chi connectivity index (χ0v) is 13.1. The Kier molecular flexibility index (Phi) is 3.42. The van der Waals surface area contributed by atoms with Crippen LogP contribution in [0.2, 0.25) is 13.1 Å². The van der Waals surface area contributed by atoms with Crippen LogP contribution in [0.4, 0.5) is 0 Å². The molecule has 0 N–H and O–H groups in total. The van der Waals surface area contributed by atoms with Crippen molar-refractivity contribution in [3.05, 3.63) is 23.1 Å². The summed E-state index contributed by atoms with van der Waals surface area (Å²) in [5.41, 5.74) is 1.46. The zero-order valence-electron chi connectivity index (χ0n) is 11.2. The topological polar surface area (TPSA) is 26.5 Å². The quantitative estimate of drug-likeness (QED) is 0.799. The molecule has 2 rings (SSSR count). The molecule has 2 aromatic heterocycles. The van der Waals surface area contributed by atoms with Gasteiger partial charge in [0, 0.05) is 11.1 Å². The molecule has 5 heteroatoms. The number of rotatable bonds is 3. The van der Waals surface area contributed by atoms with Gasteiger partial charge in [-0.3, -0.25) is 4.40 Å². The van der Waals surface area contributed by atoms with E-state index >= 15 is 0 Å². The maximum absolute atomic E-state index is 5.88. The summed E-state index contributed by atoms with van der Waals surface area (Å²) in [6.07, 6.45) is 3.83. The Labute approximate surface area is 108 Å². The van der Waals surface area contributed by atoms with Gasteiger partial charge in [-0.05, 0) is 13.1 Å². The lowest BCUT2D eigenvalue weighted by molar-refractivity contribution is 0.314. The van der Waals surface area contributed by atoms with Crippen LogP contribution in [0.25, 0.3) is 4.83 Å². The SMILES string of the molecule is C[SiH](C)OCc1sc2cncn2c1C(C)(C)C. The lowest BCUT2D eigenvalue weighted by Crippen LogP contribution is -2.17. The van der Waals surface area contributed by atoms with Crippen molar-refractivity contribution in [2.24, 2.45) is 0 Å². The monoisotopic (exact) mass is 268 g/mol. The third-order valence-electron chi connectivity index (χ3n) is 2.60. The molecule has 3 nitrogen and oxygen atoms in total. The fourth-order valence-corrected chi connectivity index (χ4v) is 3.81. The van der Waals surface area contributed by atoms with Crippen LogP contribution >= 0.6 is 11.3 Å². The molecule has 0 radical (unpaired) electrons. The van der Waals surface area contributed by atoms with Crippen molar-refractivity contribution in [2.75, 3.05) is 0 Å². The highest BCUT2D eigenvalue weighted by Crippen LogP contribution is 2.33. The van der Waals surface area contributed by atoms with E-state index in [0.29, 0.717) is 0 Å². The smallest absolute Gasteiger partial charge is 0.171 e. The molecule has 0 fully saturated rings. The Morgan fingerprint density at radius 3 is 2.71 bits per heavy atom. The van der Waals surface area contributed by atoms with E-state index in [0.717, 1.165) is 6.61 Å². The van der Waals surface area contributed by atoms with Crippen LogP contribution in [-0.4, -0.2) is 18.4 Å². The summed E-state index contributed by atoms with van der Waals surface area (Å²) in [5, 5.41) is 0. The Morgan fingerprint density at radius 1 is 1.41 bits per heavy atom. The van der Waals surface area contributed by atoms with Gasteiger partial charge >= 0.3 is 0 Å². The lowest BCUT2D eigenvalue weighted by atomic mass is 9.91. The molecule has 0 aliphatic heterocycles. The second kappa shape index (κ2) is 4.55. The third kappa shape index (κ3) is 2.61. The van der Waals surface area contributed by atoms with E-state index in [1.807, 2.05) is 12.5 Å². The second-order valence-electron chi connectivity index (χ2n) is 5.59. The zero-order chi connectivity index (χ0) is 12.6. The predicted molar refractivity (Wildman–Crippen MR) is 75.4 cm³/mol. The van der Waals surface area contributed by atoms with Crippen LogP contribution in [0, 0.1) is 0 Å². The van der Waals surface area contributed by atoms with E-state index in [2.05, 4.69) is 43.2 Å². The van der Waals surface area contributed by atoms with Crippen molar-refractivity contribution >= 4 is 25.2 Å². The number of aromatic nitrogens is 2. The van der Waals surface area contributed by atoms with Crippen LogP contribution in [0.1, 0.15) is 31.3 Å². The fraction of sp³-hybridized carbons (Fsp3) is 0.583. The Morgan fingerprint density at radius 2 is 2.12 bits per heavy atom. The first kappa shape index (κ1) is 12.8. The van der Waals surface area contributed by atoms with Gasteiger partial charge in [0.15, 0.2) is 9.04 Å². The Hall–Kier alpha value is -0.653. The second-order valence-corrected chi connectivity index (χ2v) is 9.13. The number of hydrogen-bond acceptors (Lipinski definition) is 3. The number of hydrogen-bond donors (Lipinski definition) is 0. The van der Waals surface area contributed by atoms with Gasteiger partial charge in [0.1, 0.15) is 11.2 Å². The average molecular weight is 268 g/mol. The largest absolute Gasteiger partial charge is 0.415 e. The molecule has 2 heterocycles. The minimum atomic E-state index is -0.959. The molecule has 0 aliphatic carbocycles. The van der Waals surface area contributed by atoms with Crippen molar-refractivity contribution in [1.29, 1.82) is 0 Å². The van der Waals surface area contributed by atoms with Gasteiger partial charge in [0.25, 0.3) is 0 Å². The van der Waals surface area contributed by atoms with Crippen LogP contribution in [-0.2, 0) is 16.4 Å². The average Bonchev–Trinajstić information content (AvgIpc) is 2.70. The molecule has 0 saturated heterocycles. The molecule has 2 aromatic rings. The normalized spacial score (nSPS) is 12.8. The molecule has 17 heavy (non-hydrogen) atoms. The van der Waals surface area contributed by atoms with E-state index in [1.165, 1.54) is 15.4 Å². The molecule has 0 spiro atoms. The van der Waals surface area contributed by atoms with Crippen LogP contribution in [0.5, 0.6) is 0 Å². The first-order valence-electron chi connectivity index (χ1n) is 5.95. The third-order valence-corrected chi connectivity index (χ3v) is 4.50. The highest BCUT2D eigenvalue weighted by Gasteiger charge is 2.24. The fourth-order valence-electron chi connectivity index (χ4n) is 1.96. The molecule has 0 atom stereocenters. The van der Waals surface area contributed by atoms with E-state index in [-0.39, 0.29) is 5.41 Å². The standard InChI is InChI=1S/C12H20N2OSSi/c1-12(2,3)11-9(7-15-17(4)5)16-10-6-13-8-14(10)11/h6,8,17H,7H2,1-5H3. The van der Waals surface area contributed by atoms with E-state index in [1.54, 1.807) is 11.3 Å². The number of nitrogens with zero attached hydrogens (tertiary/aromatic N) is 2. The summed E-state index contributed by atoms with van der Waals surface area (Å²) in [6, 6.07) is 0. The number of imidazole rings is 1. The summed E-state index contributed by atoms with van der Waals surface area (Å²) in [4.78, 5) is 6.76. The molecule has 0 aromatic carbocycles. The van der Waals surface area contributed by atoms with E-state index < -0.39 is 9.04 Å². The van der Waals surface area contributed by atoms with Crippen LogP contribution in [0.15, 0.2) is 12.5 Å². The van der Waals surface area contributed by atoms with Gasteiger partial charge < -0.3 is 4.43 Å². The first-order chi connectivity index (χ1) is 7.89. The van der Waals surface area contributed by atoms with E-state index in [9.17, 15) is 0 Å². The molecular formula is C12H20N2OSSi. The minimum absolute atomic E-state index is 0.121. The van der Waals surface area contributed by atoms with Gasteiger partial charge in [-0.25, -0.2) is 4.98 Å². The van der Waals surface area contributed by atoms with Gasteiger partial charge in [-0.15, -0.1) is 11.3 Å². The number of fused-ring (bicyclic) bond motifs is 1. The van der Waals surface area contributed by atoms with Gasteiger partial charge in [0.05, 0.1) is 17.7 Å². The van der Waals surface area contributed by atoms with Gasteiger partial charge in [-0.1, -0.05) is 20.8 Å². The maximum Gasteiger partial charge on any atom is 0.171 e. The first-order valence-corrected chi connectivity index (χ1v) is 9.55. The summed E-state index contributed by atoms with van der Waals surface area (Å²) < 4.78 is 8.08. The summed E-state index contributed by atoms with van der Waals surface area (Å²) in [7, 11) is -0.959. The maximum atomic E-state index is 5.88. The predicted octanol–water partition coefficient (Wildman–Crippen LogP) is 3.19. The summed E-state index contributed by atoms with van der Waals surface area (Å²) >= 11 is 1.80. The van der Waals surface area contributed by atoms with Crippen LogP contribution < -0.4 is 0 Å². The van der Waals surface area contributed by atoms with Gasteiger partial charge in [-0.2, -0.15) is 0 Å². The molecule has 94 valence electrons. The minimum Gasteiger partial charge on any atom is -0.415 e. The van der Waals surface area contributed by atoms with Crippen LogP contribution in [0.3, 0.4) is 0 Å². The molecule has 0 aliphatic rings. The van der Waals surface area contributed by atoms with Gasteiger partial charge in [0.2, 0.25) is 0 Å². The van der Waals surface area contributed by atoms with Crippen molar-refractivity contribution < 1.29 is 4.43 Å². The molecular weight excluding hydrogens is 248 g/mol. The van der Waals surface area contributed by atoms with Crippen molar-refractivity contribution in [1.82, 2.24) is 9.38 Å². The molecule has 0 saturated carbocycles. The molecule has 0 amide bonds. The van der Waals surface area contributed by atoms with Crippen molar-refractivity contribution in [2.45, 2.75) is 45.9 Å². The number of thiazole rings is 1. The van der Waals surface area contributed by atoms with Crippen molar-refractivity contribution in [3.63, 3.8) is 0 Å². The van der Waals surface area contributed by atoms with Crippen molar-refractivity contribution in [3.8, 4) is 0 Å². The Bertz CT molecular complexity index is 510. The van der Waals surface area contributed by atoms with E-state index in [4.69, 9.17) is 4.43 Å². The Balaban J connectivity index is 2.43. The molecule has 0 bridgehead atoms. The molecule has 0 unspecified atom stereocenters.